The Balaban J connectivity index is 1.75. The zero-order valence-corrected chi connectivity index (χ0v) is 13.1. The summed E-state index contributed by atoms with van der Waals surface area (Å²) >= 11 is 0. The fraction of sp³-hybridized carbons (Fsp3) is 0.588. The highest BCUT2D eigenvalue weighted by Crippen LogP contribution is 2.48. The summed E-state index contributed by atoms with van der Waals surface area (Å²) in [5.74, 6) is 0.162. The van der Waals surface area contributed by atoms with Crippen LogP contribution in [0.3, 0.4) is 0 Å². The molecule has 2 aliphatic carbocycles. The van der Waals surface area contributed by atoms with Crippen molar-refractivity contribution in [3.05, 3.63) is 29.6 Å². The maximum atomic E-state index is 14.2. The Morgan fingerprint density at radius 1 is 1.36 bits per heavy atom. The van der Waals surface area contributed by atoms with Crippen LogP contribution >= 0.6 is 0 Å². The molecule has 0 radical (unpaired) electrons. The SMILES string of the molecule is CN(C)c1ccc(C(=O)N[C@H]2[C@H]3CC[C@@H](C3)[C@H]2CO)c(F)c1. The highest BCUT2D eigenvalue weighted by molar-refractivity contribution is 5.95. The molecule has 0 heterocycles. The molecule has 1 aromatic carbocycles. The topological polar surface area (TPSA) is 52.6 Å². The number of benzene rings is 1. The molecular formula is C17H23FN2O2. The van der Waals surface area contributed by atoms with Crippen molar-refractivity contribution >= 4 is 11.6 Å². The van der Waals surface area contributed by atoms with Crippen molar-refractivity contribution in [2.24, 2.45) is 17.8 Å². The summed E-state index contributed by atoms with van der Waals surface area (Å²) in [6, 6.07) is 4.62. The van der Waals surface area contributed by atoms with Crippen molar-refractivity contribution in [2.75, 3.05) is 25.6 Å². The average molecular weight is 306 g/mol. The third kappa shape index (κ3) is 2.58. The zero-order chi connectivity index (χ0) is 15.9. The molecule has 1 aromatic rings. The summed E-state index contributed by atoms with van der Waals surface area (Å²) in [4.78, 5) is 14.2. The summed E-state index contributed by atoms with van der Waals surface area (Å²) in [5, 5.41) is 12.5. The molecule has 3 rings (SSSR count). The minimum atomic E-state index is -0.507. The molecule has 2 aliphatic rings. The van der Waals surface area contributed by atoms with Crippen molar-refractivity contribution in [1.82, 2.24) is 5.32 Å². The second kappa shape index (κ2) is 5.88. The molecule has 2 bridgehead atoms. The van der Waals surface area contributed by atoms with E-state index < -0.39 is 5.82 Å². The molecule has 0 unspecified atom stereocenters. The van der Waals surface area contributed by atoms with E-state index >= 15 is 0 Å². The first-order chi connectivity index (χ1) is 10.5. The van der Waals surface area contributed by atoms with Crippen LogP contribution in [0.4, 0.5) is 10.1 Å². The van der Waals surface area contributed by atoms with Crippen LogP contribution in [0.2, 0.25) is 0 Å². The van der Waals surface area contributed by atoms with E-state index in [0.717, 1.165) is 24.9 Å². The van der Waals surface area contributed by atoms with E-state index in [1.807, 2.05) is 14.1 Å². The number of aliphatic hydroxyl groups excluding tert-OH is 1. The Morgan fingerprint density at radius 3 is 2.73 bits per heavy atom. The normalized spacial score (nSPS) is 29.6. The number of carbonyl (C=O) groups is 1. The molecule has 2 fully saturated rings. The number of rotatable bonds is 4. The lowest BCUT2D eigenvalue weighted by atomic mass is 9.85. The third-order valence-electron chi connectivity index (χ3n) is 5.31. The van der Waals surface area contributed by atoms with E-state index in [4.69, 9.17) is 0 Å². The molecule has 0 saturated heterocycles. The van der Waals surface area contributed by atoms with Crippen LogP contribution in [0, 0.1) is 23.6 Å². The fourth-order valence-electron chi connectivity index (χ4n) is 4.09. The van der Waals surface area contributed by atoms with Gasteiger partial charge < -0.3 is 15.3 Å². The number of halogens is 1. The van der Waals surface area contributed by atoms with Gasteiger partial charge in [0, 0.05) is 38.3 Å². The molecule has 5 heteroatoms. The number of hydrogen-bond acceptors (Lipinski definition) is 3. The van der Waals surface area contributed by atoms with Crippen molar-refractivity contribution < 1.29 is 14.3 Å². The number of carbonyl (C=O) groups excluding carboxylic acids is 1. The Hall–Kier alpha value is -1.62. The number of fused-ring (bicyclic) bond motifs is 2. The lowest BCUT2D eigenvalue weighted by molar-refractivity contribution is 0.0857. The van der Waals surface area contributed by atoms with Gasteiger partial charge in [-0.3, -0.25) is 4.79 Å². The van der Waals surface area contributed by atoms with E-state index in [2.05, 4.69) is 5.32 Å². The van der Waals surface area contributed by atoms with E-state index in [-0.39, 0.29) is 30.0 Å². The van der Waals surface area contributed by atoms with Gasteiger partial charge in [0.2, 0.25) is 0 Å². The third-order valence-corrected chi connectivity index (χ3v) is 5.31. The molecule has 0 aromatic heterocycles. The van der Waals surface area contributed by atoms with Crippen molar-refractivity contribution in [1.29, 1.82) is 0 Å². The second-order valence-electron chi connectivity index (χ2n) is 6.74. The zero-order valence-electron chi connectivity index (χ0n) is 13.1. The van der Waals surface area contributed by atoms with E-state index in [1.165, 1.54) is 12.1 Å². The predicted molar refractivity (Wildman–Crippen MR) is 83.4 cm³/mol. The maximum absolute atomic E-state index is 14.2. The van der Waals surface area contributed by atoms with Gasteiger partial charge >= 0.3 is 0 Å². The van der Waals surface area contributed by atoms with Crippen molar-refractivity contribution in [3.63, 3.8) is 0 Å². The quantitative estimate of drug-likeness (QED) is 0.895. The van der Waals surface area contributed by atoms with Gasteiger partial charge in [0.15, 0.2) is 0 Å². The number of nitrogens with zero attached hydrogens (tertiary/aromatic N) is 1. The monoisotopic (exact) mass is 306 g/mol. The van der Waals surface area contributed by atoms with Crippen LogP contribution in [0.1, 0.15) is 29.6 Å². The smallest absolute Gasteiger partial charge is 0.254 e. The molecule has 120 valence electrons. The number of anilines is 1. The molecule has 0 spiro atoms. The standard InChI is InChI=1S/C17H23FN2O2/c1-20(2)12-5-6-13(15(18)8-12)17(22)19-16-11-4-3-10(7-11)14(16)9-21/h5-6,8,10-11,14,16,21H,3-4,7,9H2,1-2H3,(H,19,22)/t10-,11-,14+,16-/m0/s1. The van der Waals surface area contributed by atoms with Crippen LogP contribution in [-0.4, -0.2) is 37.8 Å². The number of hydrogen-bond donors (Lipinski definition) is 2. The lowest BCUT2D eigenvalue weighted by Crippen LogP contribution is -2.45. The van der Waals surface area contributed by atoms with Gasteiger partial charge in [-0.2, -0.15) is 0 Å². The molecule has 0 aliphatic heterocycles. The summed E-state index contributed by atoms with van der Waals surface area (Å²) in [6.07, 6.45) is 3.29. The van der Waals surface area contributed by atoms with E-state index in [9.17, 15) is 14.3 Å². The summed E-state index contributed by atoms with van der Waals surface area (Å²) in [6.45, 7) is 0.0914. The lowest BCUT2D eigenvalue weighted by Gasteiger charge is -2.30. The molecule has 4 nitrogen and oxygen atoms in total. The average Bonchev–Trinajstić information content (AvgIpc) is 3.07. The Morgan fingerprint density at radius 2 is 2.09 bits per heavy atom. The minimum absolute atomic E-state index is 0.0239. The van der Waals surface area contributed by atoms with Gasteiger partial charge in [0.05, 0.1) is 5.56 Å². The molecule has 2 N–H and O–H groups in total. The Labute approximate surface area is 130 Å². The van der Waals surface area contributed by atoms with Crippen molar-refractivity contribution in [2.45, 2.75) is 25.3 Å². The minimum Gasteiger partial charge on any atom is -0.396 e. The van der Waals surface area contributed by atoms with Crippen LogP contribution in [0.5, 0.6) is 0 Å². The van der Waals surface area contributed by atoms with Gasteiger partial charge in [-0.15, -0.1) is 0 Å². The predicted octanol–water partition coefficient (Wildman–Crippen LogP) is 2.03. The highest BCUT2D eigenvalue weighted by Gasteiger charge is 2.47. The van der Waals surface area contributed by atoms with Gasteiger partial charge in [0.1, 0.15) is 5.82 Å². The first-order valence-electron chi connectivity index (χ1n) is 7.90. The van der Waals surface area contributed by atoms with Crippen LogP contribution < -0.4 is 10.2 Å². The Bertz CT molecular complexity index is 576. The first-order valence-corrected chi connectivity index (χ1v) is 7.90. The Kier molecular flexibility index (Phi) is 4.08. The van der Waals surface area contributed by atoms with Gasteiger partial charge in [-0.05, 0) is 49.3 Å². The first kappa shape index (κ1) is 15.3. The molecule has 22 heavy (non-hydrogen) atoms. The van der Waals surface area contributed by atoms with E-state index in [0.29, 0.717) is 11.8 Å². The number of aliphatic hydroxyl groups is 1. The highest BCUT2D eigenvalue weighted by atomic mass is 19.1. The number of amides is 1. The maximum Gasteiger partial charge on any atom is 0.254 e. The van der Waals surface area contributed by atoms with Gasteiger partial charge in [-0.1, -0.05) is 0 Å². The fourth-order valence-corrected chi connectivity index (χ4v) is 4.09. The largest absolute Gasteiger partial charge is 0.396 e. The van der Waals surface area contributed by atoms with Gasteiger partial charge in [-0.25, -0.2) is 4.39 Å². The second-order valence-corrected chi connectivity index (χ2v) is 6.74. The summed E-state index contributed by atoms with van der Waals surface area (Å²) in [7, 11) is 3.66. The van der Waals surface area contributed by atoms with Crippen LogP contribution in [0.25, 0.3) is 0 Å². The van der Waals surface area contributed by atoms with Crippen molar-refractivity contribution in [3.8, 4) is 0 Å². The number of nitrogens with one attached hydrogen (secondary N) is 1. The van der Waals surface area contributed by atoms with Crippen LogP contribution in [0.15, 0.2) is 18.2 Å². The van der Waals surface area contributed by atoms with Gasteiger partial charge in [0.25, 0.3) is 5.91 Å². The molecule has 2 saturated carbocycles. The van der Waals surface area contributed by atoms with Crippen LogP contribution in [-0.2, 0) is 0 Å². The molecule has 1 amide bonds. The molecular weight excluding hydrogens is 283 g/mol. The van der Waals surface area contributed by atoms with E-state index in [1.54, 1.807) is 11.0 Å². The summed E-state index contributed by atoms with van der Waals surface area (Å²) in [5.41, 5.74) is 0.798. The molecule has 4 atom stereocenters. The summed E-state index contributed by atoms with van der Waals surface area (Å²) < 4.78 is 14.2.